The molecule has 0 aliphatic carbocycles. The van der Waals surface area contributed by atoms with Gasteiger partial charge in [-0.05, 0) is 74.2 Å². The smallest absolute Gasteiger partial charge is 0.346 e. The lowest BCUT2D eigenvalue weighted by atomic mass is 10.3. The summed E-state index contributed by atoms with van der Waals surface area (Å²) >= 11 is 12.1. The van der Waals surface area contributed by atoms with Gasteiger partial charge in [0.05, 0.1) is 14.6 Å². The van der Waals surface area contributed by atoms with Crippen molar-refractivity contribution in [2.45, 2.75) is 27.7 Å². The number of nitrogens with one attached hydrogen (secondary N) is 1. The summed E-state index contributed by atoms with van der Waals surface area (Å²) in [6.45, 7) is 7.89. The number of carboxylic acids is 1. The maximum atomic E-state index is 11.1. The standard InChI is InChI=1S/C9H11N2PS.C7H9ClNPS.C7H10NOPS.C6H7O2PS/c1-6-5-7(12)13-8(6)9-10-3-4-11(9)2;1-4-3-5(10)11-6(4)7(8)9-2;1-4-3-5(10)11-6(4)7(9)8-2;1-3-2-4(9)10-5(3)6(7)8/h3-5H,12H2,1-2H3;3H,10H2,1-2H3;3H,10H2,1-2H3,(H,8,9);2H,9H2,1H3,(H,7,8). The van der Waals surface area contributed by atoms with E-state index in [-0.39, 0.29) is 5.91 Å². The fourth-order valence-corrected chi connectivity index (χ4v) is 9.88. The molecule has 0 saturated heterocycles. The molecule has 5 rings (SSSR count). The molecule has 242 valence electrons. The minimum atomic E-state index is -0.837. The highest BCUT2D eigenvalue weighted by Crippen LogP contribution is 2.27. The Bertz CT molecular complexity index is 1790. The van der Waals surface area contributed by atoms with E-state index in [1.165, 1.54) is 47.9 Å². The Morgan fingerprint density at radius 1 is 0.822 bits per heavy atom. The minimum Gasteiger partial charge on any atom is -0.477 e. The van der Waals surface area contributed by atoms with Crippen LogP contribution in [0.4, 0.5) is 0 Å². The van der Waals surface area contributed by atoms with E-state index < -0.39 is 5.97 Å². The summed E-state index contributed by atoms with van der Waals surface area (Å²) in [6, 6.07) is 8.08. The highest BCUT2D eigenvalue weighted by Gasteiger charge is 2.11. The van der Waals surface area contributed by atoms with Crippen molar-refractivity contribution in [3.05, 3.63) is 73.5 Å². The molecular formula is C29H37ClN4O3P4S4. The third-order valence-electron chi connectivity index (χ3n) is 5.78. The number of aliphatic imine (C=N–C) groups is 1. The van der Waals surface area contributed by atoms with Crippen molar-refractivity contribution < 1.29 is 14.7 Å². The number of carbonyl (C=O) groups excluding carboxylic acids is 1. The van der Waals surface area contributed by atoms with Gasteiger partial charge in [0.15, 0.2) is 0 Å². The zero-order valence-electron chi connectivity index (χ0n) is 25.9. The van der Waals surface area contributed by atoms with Crippen molar-refractivity contribution in [2.24, 2.45) is 12.0 Å². The number of aromatic nitrogens is 2. The lowest BCUT2D eigenvalue weighted by Crippen LogP contribution is -2.17. The SMILES string of the molecule is CN=C(Cl)c1sc(P)cc1C.CNC(=O)c1sc(P)cc1C.Cc1cc(P)sc1-c1nccn1C.Cc1cc(P)sc1C(=O)O. The predicted molar refractivity (Wildman–Crippen MR) is 214 cm³/mol. The number of thiophene rings is 4. The Morgan fingerprint density at radius 2 is 1.27 bits per heavy atom. The van der Waals surface area contributed by atoms with Crippen LogP contribution in [0.1, 0.15) is 46.5 Å². The van der Waals surface area contributed by atoms with Crippen molar-refractivity contribution in [2.75, 3.05) is 14.1 Å². The predicted octanol–water partition coefficient (Wildman–Crippen LogP) is 6.30. The number of aromatic carboxylic acids is 1. The highest BCUT2D eigenvalue weighted by molar-refractivity contribution is 7.45. The third-order valence-corrected chi connectivity index (χ3v) is 12.6. The van der Waals surface area contributed by atoms with Gasteiger partial charge in [-0.3, -0.25) is 9.79 Å². The molecule has 0 saturated carbocycles. The molecule has 0 spiro atoms. The number of aryl methyl sites for hydroxylation is 5. The van der Waals surface area contributed by atoms with Crippen LogP contribution < -0.4 is 23.8 Å². The van der Waals surface area contributed by atoms with E-state index in [9.17, 15) is 9.59 Å². The Morgan fingerprint density at radius 3 is 1.58 bits per heavy atom. The normalized spacial score (nSPS) is 10.6. The zero-order chi connectivity index (χ0) is 34.0. The van der Waals surface area contributed by atoms with Crippen LogP contribution in [0, 0.1) is 27.7 Å². The molecule has 0 aliphatic rings. The maximum Gasteiger partial charge on any atom is 0.346 e. The summed E-state index contributed by atoms with van der Waals surface area (Å²) in [5.74, 6) is 0.216. The summed E-state index contributed by atoms with van der Waals surface area (Å²) in [5.41, 5.74) is 4.36. The third kappa shape index (κ3) is 12.0. The number of halogens is 1. The van der Waals surface area contributed by atoms with Crippen molar-refractivity contribution in [1.29, 1.82) is 0 Å². The fourth-order valence-electron chi connectivity index (χ4n) is 3.69. The van der Waals surface area contributed by atoms with E-state index in [1.54, 1.807) is 43.7 Å². The summed E-state index contributed by atoms with van der Waals surface area (Å²) < 4.78 is 6.56. The van der Waals surface area contributed by atoms with Gasteiger partial charge < -0.3 is 15.0 Å². The van der Waals surface area contributed by atoms with Crippen LogP contribution in [0.5, 0.6) is 0 Å². The van der Waals surface area contributed by atoms with E-state index in [1.807, 2.05) is 50.0 Å². The van der Waals surface area contributed by atoms with Crippen LogP contribution >= 0.6 is 93.9 Å². The van der Waals surface area contributed by atoms with E-state index in [0.717, 1.165) is 35.9 Å². The first kappa shape index (κ1) is 39.8. The van der Waals surface area contributed by atoms with Crippen LogP contribution in [-0.2, 0) is 7.05 Å². The number of carbonyl (C=O) groups is 2. The van der Waals surface area contributed by atoms with E-state index in [2.05, 4.69) is 71.3 Å². The zero-order valence-corrected chi connectivity index (χ0v) is 34.5. The van der Waals surface area contributed by atoms with E-state index in [0.29, 0.717) is 10.0 Å². The molecule has 2 N–H and O–H groups in total. The number of hydrogen-bond donors (Lipinski definition) is 2. The van der Waals surface area contributed by atoms with Gasteiger partial charge in [0.1, 0.15) is 15.9 Å². The lowest BCUT2D eigenvalue weighted by molar-refractivity contribution is 0.0701. The number of imidazole rings is 1. The van der Waals surface area contributed by atoms with Crippen molar-refractivity contribution in [3.8, 4) is 10.7 Å². The summed E-state index contributed by atoms with van der Waals surface area (Å²) in [7, 11) is 15.8. The molecule has 16 heteroatoms. The van der Waals surface area contributed by atoms with Crippen molar-refractivity contribution in [3.63, 3.8) is 0 Å². The van der Waals surface area contributed by atoms with Gasteiger partial charge in [-0.2, -0.15) is 0 Å². The molecule has 1 amide bonds. The van der Waals surface area contributed by atoms with Crippen molar-refractivity contribution >= 4 is 129 Å². The molecule has 45 heavy (non-hydrogen) atoms. The largest absolute Gasteiger partial charge is 0.477 e. The Hall–Kier alpha value is -1.37. The molecule has 5 aromatic heterocycles. The van der Waals surface area contributed by atoms with E-state index in [4.69, 9.17) is 16.7 Å². The van der Waals surface area contributed by atoms with E-state index >= 15 is 0 Å². The fraction of sp³-hybridized carbons (Fsp3) is 0.241. The molecule has 5 aromatic rings. The average molecular weight is 777 g/mol. The maximum absolute atomic E-state index is 11.1. The van der Waals surface area contributed by atoms with Crippen LogP contribution in [-0.4, -0.2) is 45.8 Å². The Kier molecular flexibility index (Phi) is 16.7. The monoisotopic (exact) mass is 776 g/mol. The molecule has 0 bridgehead atoms. The second kappa shape index (κ2) is 18.8. The van der Waals surface area contributed by atoms with Crippen LogP contribution in [0.15, 0.2) is 41.7 Å². The molecular weight excluding hydrogens is 740 g/mol. The van der Waals surface area contributed by atoms with Gasteiger partial charge in [-0.1, -0.05) is 48.6 Å². The van der Waals surface area contributed by atoms with Crippen LogP contribution in [0.3, 0.4) is 0 Å². The number of hydrogen-bond acceptors (Lipinski definition) is 8. The minimum absolute atomic E-state index is 0.00111. The van der Waals surface area contributed by atoms with Gasteiger partial charge in [-0.25, -0.2) is 9.78 Å². The highest BCUT2D eigenvalue weighted by atomic mass is 35.5. The quantitative estimate of drug-likeness (QED) is 0.166. The van der Waals surface area contributed by atoms with Gasteiger partial charge >= 0.3 is 5.97 Å². The summed E-state index contributed by atoms with van der Waals surface area (Å²) in [4.78, 5) is 33.4. The number of amides is 1. The second-order valence-electron chi connectivity index (χ2n) is 9.40. The Labute approximate surface area is 295 Å². The number of carboxylic acid groups (broad SMARTS) is 1. The molecule has 4 unspecified atom stereocenters. The molecule has 5 heterocycles. The summed E-state index contributed by atoms with van der Waals surface area (Å²) in [6.07, 6.45) is 3.80. The van der Waals surface area contributed by atoms with Crippen LogP contribution in [0.25, 0.3) is 10.7 Å². The summed E-state index contributed by atoms with van der Waals surface area (Å²) in [5, 5.41) is 11.8. The first-order chi connectivity index (χ1) is 21.1. The number of nitrogens with zero attached hydrogens (tertiary/aromatic N) is 3. The lowest BCUT2D eigenvalue weighted by Gasteiger charge is -1.98. The molecule has 0 fully saturated rings. The van der Waals surface area contributed by atoms with Gasteiger partial charge in [0.25, 0.3) is 5.91 Å². The number of rotatable bonds is 4. The van der Waals surface area contributed by atoms with Gasteiger partial charge in [0, 0.05) is 52.0 Å². The molecule has 0 radical (unpaired) electrons. The van der Waals surface area contributed by atoms with Crippen LogP contribution in [0.2, 0.25) is 0 Å². The second-order valence-corrected chi connectivity index (χ2v) is 18.3. The topological polar surface area (TPSA) is 96.6 Å². The molecule has 0 aromatic carbocycles. The molecule has 4 atom stereocenters. The molecule has 0 aliphatic heterocycles. The van der Waals surface area contributed by atoms with Gasteiger partial charge in [0.2, 0.25) is 0 Å². The van der Waals surface area contributed by atoms with Crippen molar-refractivity contribution in [1.82, 2.24) is 14.9 Å². The average Bonchev–Trinajstić information content (AvgIpc) is 3.78. The first-order valence-electron chi connectivity index (χ1n) is 13.1. The Balaban J connectivity index is 0.000000210. The van der Waals surface area contributed by atoms with Gasteiger partial charge in [-0.15, -0.1) is 45.3 Å². The first-order valence-corrected chi connectivity index (χ1v) is 19.0. The molecule has 7 nitrogen and oxygen atoms in total.